The van der Waals surface area contributed by atoms with Crippen LogP contribution >= 0.6 is 0 Å². The van der Waals surface area contributed by atoms with E-state index in [0.29, 0.717) is 5.41 Å². The molecule has 21 heavy (non-hydrogen) atoms. The van der Waals surface area contributed by atoms with Crippen molar-refractivity contribution in [1.29, 1.82) is 0 Å². The van der Waals surface area contributed by atoms with Crippen molar-refractivity contribution in [2.45, 2.75) is 46.0 Å². The molecule has 0 aromatic rings. The fraction of sp³-hybridized carbons (Fsp3) is 0.524. The number of fused-ring (bicyclic) bond motifs is 4. The lowest BCUT2D eigenvalue weighted by atomic mass is 9.88. The van der Waals surface area contributed by atoms with E-state index in [9.17, 15) is 0 Å². The highest BCUT2D eigenvalue weighted by Crippen LogP contribution is 2.49. The van der Waals surface area contributed by atoms with Crippen molar-refractivity contribution in [3.05, 3.63) is 61.3 Å². The maximum atomic E-state index is 3.86. The van der Waals surface area contributed by atoms with Gasteiger partial charge in [-0.3, -0.25) is 0 Å². The first kappa shape index (κ1) is 16.1. The van der Waals surface area contributed by atoms with Crippen LogP contribution in [0.15, 0.2) is 61.3 Å². The summed E-state index contributed by atoms with van der Waals surface area (Å²) in [5.41, 5.74) is 2.10. The first-order valence-electron chi connectivity index (χ1n) is 8.39. The molecule has 0 spiro atoms. The minimum absolute atomic E-state index is 0.435. The molecular formula is C21H30. The van der Waals surface area contributed by atoms with Crippen molar-refractivity contribution in [3.8, 4) is 0 Å². The van der Waals surface area contributed by atoms with E-state index in [1.807, 2.05) is 6.92 Å². The Morgan fingerprint density at radius 1 is 1.14 bits per heavy atom. The third-order valence-corrected chi connectivity index (χ3v) is 5.25. The Morgan fingerprint density at radius 3 is 2.14 bits per heavy atom. The lowest BCUT2D eigenvalue weighted by Gasteiger charge is -2.16. The third-order valence-electron chi connectivity index (χ3n) is 5.25. The second-order valence-corrected chi connectivity index (χ2v) is 6.76. The standard InChI is InChI=1S/2C9H12.C3H6/c1-2-9-5-3-8(7-9)4-6-9;1-2-8-5-7-3-4-9(8)6-7;1-3-2/h2-3,5,8H,1,4,6-7H2;2-4,7,9H,5-6H2,1H3;3H,1H2,2H3. The van der Waals surface area contributed by atoms with E-state index in [0.717, 1.165) is 17.8 Å². The monoisotopic (exact) mass is 282 g/mol. The predicted molar refractivity (Wildman–Crippen MR) is 94.1 cm³/mol. The summed E-state index contributed by atoms with van der Waals surface area (Å²) < 4.78 is 0. The minimum Gasteiger partial charge on any atom is -0.103 e. The van der Waals surface area contributed by atoms with Crippen LogP contribution in [0.5, 0.6) is 0 Å². The van der Waals surface area contributed by atoms with Gasteiger partial charge < -0.3 is 0 Å². The van der Waals surface area contributed by atoms with E-state index in [1.165, 1.54) is 32.1 Å². The van der Waals surface area contributed by atoms with Crippen molar-refractivity contribution in [2.24, 2.45) is 23.2 Å². The molecule has 114 valence electrons. The van der Waals surface area contributed by atoms with Gasteiger partial charge in [0.25, 0.3) is 0 Å². The first-order valence-corrected chi connectivity index (χ1v) is 8.39. The summed E-state index contributed by atoms with van der Waals surface area (Å²) in [5, 5.41) is 0. The van der Waals surface area contributed by atoms with Gasteiger partial charge in [0.15, 0.2) is 0 Å². The molecule has 0 radical (unpaired) electrons. The molecule has 4 bridgehead atoms. The molecule has 2 fully saturated rings. The second-order valence-electron chi connectivity index (χ2n) is 6.76. The van der Waals surface area contributed by atoms with Crippen LogP contribution in [0.4, 0.5) is 0 Å². The van der Waals surface area contributed by atoms with Crippen LogP contribution in [-0.2, 0) is 0 Å². The first-order chi connectivity index (χ1) is 10.2. The Bertz CT molecular complexity index is 462. The lowest BCUT2D eigenvalue weighted by Crippen LogP contribution is -2.05. The quantitative estimate of drug-likeness (QED) is 0.499. The van der Waals surface area contributed by atoms with Crippen molar-refractivity contribution in [1.82, 2.24) is 0 Å². The Morgan fingerprint density at radius 2 is 1.90 bits per heavy atom. The maximum absolute atomic E-state index is 3.86. The summed E-state index contributed by atoms with van der Waals surface area (Å²) in [6.07, 6.45) is 22.4. The molecule has 0 aliphatic heterocycles. The van der Waals surface area contributed by atoms with E-state index in [1.54, 1.807) is 11.6 Å². The maximum Gasteiger partial charge on any atom is 0.00642 e. The zero-order valence-electron chi connectivity index (χ0n) is 13.7. The molecule has 4 aliphatic rings. The topological polar surface area (TPSA) is 0 Å². The minimum atomic E-state index is 0.435. The van der Waals surface area contributed by atoms with Gasteiger partial charge in [0.1, 0.15) is 0 Å². The molecule has 0 aromatic heterocycles. The van der Waals surface area contributed by atoms with Crippen LogP contribution in [0, 0.1) is 23.2 Å². The van der Waals surface area contributed by atoms with Gasteiger partial charge in [-0.1, -0.05) is 48.1 Å². The highest BCUT2D eigenvalue weighted by Gasteiger charge is 2.37. The lowest BCUT2D eigenvalue weighted by molar-refractivity contribution is 0.525. The second kappa shape index (κ2) is 7.11. The van der Waals surface area contributed by atoms with Gasteiger partial charge in [0.05, 0.1) is 0 Å². The van der Waals surface area contributed by atoms with Gasteiger partial charge in [-0.05, 0) is 63.7 Å². The molecule has 0 heterocycles. The van der Waals surface area contributed by atoms with Crippen LogP contribution < -0.4 is 0 Å². The highest BCUT2D eigenvalue weighted by atomic mass is 14.4. The molecule has 0 amide bonds. The highest BCUT2D eigenvalue weighted by molar-refractivity contribution is 5.26. The molecule has 0 aromatic carbocycles. The molecule has 4 rings (SSSR count). The number of allylic oxidation sites excluding steroid dienone is 8. The predicted octanol–water partition coefficient (Wildman–Crippen LogP) is 6.25. The van der Waals surface area contributed by atoms with Gasteiger partial charge >= 0.3 is 0 Å². The van der Waals surface area contributed by atoms with Crippen molar-refractivity contribution in [3.63, 3.8) is 0 Å². The van der Waals surface area contributed by atoms with Gasteiger partial charge in [-0.25, -0.2) is 0 Å². The number of hydrogen-bond donors (Lipinski definition) is 0. The Hall–Kier alpha value is -1.30. The van der Waals surface area contributed by atoms with E-state index >= 15 is 0 Å². The third kappa shape index (κ3) is 3.67. The SMILES string of the molecule is C=CC.C=CC12C=CC(CC1)C2.CC=C1CC2C=CC1C2. The fourth-order valence-corrected chi connectivity index (χ4v) is 4.03. The largest absolute Gasteiger partial charge is 0.103 e. The van der Waals surface area contributed by atoms with Crippen LogP contribution in [-0.4, -0.2) is 0 Å². The molecule has 0 nitrogen and oxygen atoms in total. The Labute approximate surface area is 131 Å². The summed E-state index contributed by atoms with van der Waals surface area (Å²) in [6, 6.07) is 0. The van der Waals surface area contributed by atoms with E-state index < -0.39 is 0 Å². The number of hydrogen-bond acceptors (Lipinski definition) is 0. The fourth-order valence-electron chi connectivity index (χ4n) is 4.03. The summed E-state index contributed by atoms with van der Waals surface area (Å²) in [6.45, 7) is 11.3. The molecule has 0 N–H and O–H groups in total. The molecular weight excluding hydrogens is 252 g/mol. The average molecular weight is 282 g/mol. The van der Waals surface area contributed by atoms with Crippen LogP contribution in [0.1, 0.15) is 46.0 Å². The van der Waals surface area contributed by atoms with Gasteiger partial charge in [-0.2, -0.15) is 0 Å². The van der Waals surface area contributed by atoms with E-state index in [2.05, 4.69) is 56.5 Å². The van der Waals surface area contributed by atoms with Crippen LogP contribution in [0.2, 0.25) is 0 Å². The molecule has 4 aliphatic carbocycles. The van der Waals surface area contributed by atoms with E-state index in [-0.39, 0.29) is 0 Å². The van der Waals surface area contributed by atoms with Crippen molar-refractivity contribution in [2.75, 3.05) is 0 Å². The molecule has 0 saturated heterocycles. The van der Waals surface area contributed by atoms with Gasteiger partial charge in [-0.15, -0.1) is 13.2 Å². The zero-order chi connectivity index (χ0) is 15.3. The molecule has 4 unspecified atom stereocenters. The van der Waals surface area contributed by atoms with Gasteiger partial charge in [0.2, 0.25) is 0 Å². The normalized spacial score (nSPS) is 38.8. The van der Waals surface area contributed by atoms with Crippen LogP contribution in [0.3, 0.4) is 0 Å². The number of rotatable bonds is 1. The summed E-state index contributed by atoms with van der Waals surface area (Å²) in [4.78, 5) is 0. The molecule has 0 heteroatoms. The Balaban J connectivity index is 0.000000130. The average Bonchev–Trinajstić information content (AvgIpc) is 3.28. The van der Waals surface area contributed by atoms with Gasteiger partial charge in [0, 0.05) is 5.41 Å². The molecule has 4 atom stereocenters. The van der Waals surface area contributed by atoms with Crippen molar-refractivity contribution >= 4 is 0 Å². The zero-order valence-corrected chi connectivity index (χ0v) is 13.7. The molecule has 2 saturated carbocycles. The summed E-state index contributed by atoms with van der Waals surface area (Å²) in [5.74, 6) is 2.63. The Kier molecular flexibility index (Phi) is 5.45. The smallest absolute Gasteiger partial charge is 0.00642 e. The summed E-state index contributed by atoms with van der Waals surface area (Å²) >= 11 is 0. The van der Waals surface area contributed by atoms with E-state index in [4.69, 9.17) is 0 Å². The summed E-state index contributed by atoms with van der Waals surface area (Å²) in [7, 11) is 0. The van der Waals surface area contributed by atoms with Crippen LogP contribution in [0.25, 0.3) is 0 Å². The van der Waals surface area contributed by atoms with Crippen molar-refractivity contribution < 1.29 is 0 Å².